The van der Waals surface area contributed by atoms with E-state index in [2.05, 4.69) is 170 Å². The summed E-state index contributed by atoms with van der Waals surface area (Å²) in [6.07, 6.45) is 8.68. The molecule has 240 valence electrons. The van der Waals surface area contributed by atoms with E-state index in [4.69, 9.17) is 0 Å². The predicted octanol–water partition coefficient (Wildman–Crippen LogP) is 13.1. The van der Waals surface area contributed by atoms with Crippen LogP contribution in [0.15, 0.2) is 140 Å². The van der Waals surface area contributed by atoms with Crippen LogP contribution in [-0.4, -0.2) is 0 Å². The van der Waals surface area contributed by atoms with E-state index in [1.54, 1.807) is 0 Å². The van der Waals surface area contributed by atoms with E-state index in [0.717, 1.165) is 17.8 Å². The third-order valence-electron chi connectivity index (χ3n) is 9.79. The average molecular weight is 627 g/mol. The summed E-state index contributed by atoms with van der Waals surface area (Å²) in [5.74, 6) is 0. The lowest BCUT2D eigenvalue weighted by Gasteiger charge is -2.28. The van der Waals surface area contributed by atoms with Crippen molar-refractivity contribution in [3.8, 4) is 11.1 Å². The number of anilines is 6. The molecule has 6 aromatic rings. The van der Waals surface area contributed by atoms with Crippen molar-refractivity contribution >= 4 is 34.1 Å². The van der Waals surface area contributed by atoms with Crippen molar-refractivity contribution in [2.75, 3.05) is 9.80 Å². The summed E-state index contributed by atoms with van der Waals surface area (Å²) in [5, 5.41) is 0. The molecule has 0 bridgehead atoms. The number of unbranched alkanes of at least 4 members (excludes halogenated alkanes) is 3. The van der Waals surface area contributed by atoms with Gasteiger partial charge in [-0.2, -0.15) is 0 Å². The van der Waals surface area contributed by atoms with E-state index in [9.17, 15) is 0 Å². The zero-order chi connectivity index (χ0) is 32.9. The maximum absolute atomic E-state index is 2.38. The van der Waals surface area contributed by atoms with Gasteiger partial charge in [0.05, 0.1) is 0 Å². The molecular weight excluding hydrogens is 581 g/mol. The Labute approximate surface area is 287 Å². The van der Waals surface area contributed by atoms with Crippen molar-refractivity contribution in [2.24, 2.45) is 0 Å². The Balaban J connectivity index is 1.15. The van der Waals surface area contributed by atoms with Crippen molar-refractivity contribution < 1.29 is 0 Å². The van der Waals surface area contributed by atoms with Crippen LogP contribution in [0.5, 0.6) is 0 Å². The van der Waals surface area contributed by atoms with Crippen LogP contribution in [0.1, 0.15) is 60.4 Å². The summed E-state index contributed by atoms with van der Waals surface area (Å²) in [6.45, 7) is 6.56. The predicted molar refractivity (Wildman–Crippen MR) is 206 cm³/mol. The number of fused-ring (bicyclic) bond motifs is 1. The average Bonchev–Trinajstić information content (AvgIpc) is 3.11. The second kappa shape index (κ2) is 14.4. The molecule has 0 atom stereocenters. The molecule has 1 aliphatic rings. The van der Waals surface area contributed by atoms with Gasteiger partial charge in [-0.15, -0.1) is 0 Å². The number of aryl methyl sites for hydroxylation is 5. The number of nitrogens with zero attached hydrogens (tertiary/aromatic N) is 2. The number of hydrogen-bond acceptors (Lipinski definition) is 2. The first-order chi connectivity index (χ1) is 23.6. The fourth-order valence-electron chi connectivity index (χ4n) is 6.78. The van der Waals surface area contributed by atoms with Crippen LogP contribution in [0.25, 0.3) is 11.1 Å². The zero-order valence-corrected chi connectivity index (χ0v) is 28.6. The molecule has 0 saturated carbocycles. The normalized spacial score (nSPS) is 11.9. The first-order valence-electron chi connectivity index (χ1n) is 17.7. The molecule has 6 aromatic carbocycles. The number of benzene rings is 6. The van der Waals surface area contributed by atoms with Gasteiger partial charge in [-0.05, 0) is 140 Å². The fraction of sp³-hybridized carbons (Fsp3) is 0.217. The molecule has 0 heterocycles. The lowest BCUT2D eigenvalue weighted by Crippen LogP contribution is -2.13. The quantitative estimate of drug-likeness (QED) is 0.125. The van der Waals surface area contributed by atoms with Crippen LogP contribution in [-0.2, 0) is 19.3 Å². The topological polar surface area (TPSA) is 6.48 Å². The Morgan fingerprint density at radius 1 is 0.417 bits per heavy atom. The van der Waals surface area contributed by atoms with Gasteiger partial charge in [0.15, 0.2) is 0 Å². The van der Waals surface area contributed by atoms with Gasteiger partial charge in [-0.1, -0.05) is 104 Å². The van der Waals surface area contributed by atoms with Crippen LogP contribution in [0.2, 0.25) is 0 Å². The first kappa shape index (κ1) is 31.5. The van der Waals surface area contributed by atoms with E-state index < -0.39 is 0 Å². The molecular formula is C46H46N2. The molecule has 2 nitrogen and oxygen atoms in total. The Hall–Kier alpha value is -5.08. The molecule has 0 amide bonds. The van der Waals surface area contributed by atoms with Crippen molar-refractivity contribution in [1.82, 2.24) is 0 Å². The highest BCUT2D eigenvalue weighted by molar-refractivity contribution is 5.81. The Morgan fingerprint density at radius 2 is 0.833 bits per heavy atom. The third-order valence-corrected chi connectivity index (χ3v) is 9.79. The van der Waals surface area contributed by atoms with Gasteiger partial charge in [0, 0.05) is 34.1 Å². The Bertz CT molecular complexity index is 1940. The maximum Gasteiger partial charge on any atom is 0.0464 e. The van der Waals surface area contributed by atoms with Crippen LogP contribution in [0.3, 0.4) is 0 Å². The van der Waals surface area contributed by atoms with Crippen LogP contribution in [0.4, 0.5) is 34.1 Å². The molecule has 7 rings (SSSR count). The molecule has 0 unspecified atom stereocenters. The third kappa shape index (κ3) is 6.94. The minimum absolute atomic E-state index is 1.15. The summed E-state index contributed by atoms with van der Waals surface area (Å²) >= 11 is 0. The fourth-order valence-corrected chi connectivity index (χ4v) is 6.78. The van der Waals surface area contributed by atoms with Gasteiger partial charge in [-0.3, -0.25) is 0 Å². The summed E-state index contributed by atoms with van der Waals surface area (Å²) in [4.78, 5) is 4.74. The molecule has 0 spiro atoms. The van der Waals surface area contributed by atoms with Gasteiger partial charge < -0.3 is 9.80 Å². The van der Waals surface area contributed by atoms with Gasteiger partial charge in [-0.25, -0.2) is 0 Å². The minimum Gasteiger partial charge on any atom is -0.311 e. The standard InChI is InChI=1S/C46H46N2/c1-4-5-6-7-8-36-13-26-43(27-14-36)47(41-22-9-34(2)10-23-41)44-28-17-37(18-29-44)38-19-30-45(31-20-38)48(42-24-11-35(3)12-25-42)46-32-21-39-15-16-40(39)33-46/h9-14,17-33H,4-8,15-16H2,1-3H3. The van der Waals surface area contributed by atoms with Crippen LogP contribution < -0.4 is 9.80 Å². The summed E-state index contributed by atoms with van der Waals surface area (Å²) in [7, 11) is 0. The number of rotatable bonds is 12. The second-order valence-corrected chi connectivity index (χ2v) is 13.4. The molecule has 0 N–H and O–H groups in total. The van der Waals surface area contributed by atoms with Gasteiger partial charge in [0.25, 0.3) is 0 Å². The van der Waals surface area contributed by atoms with Gasteiger partial charge in [0.2, 0.25) is 0 Å². The molecule has 1 aliphatic carbocycles. The molecule has 0 fully saturated rings. The SMILES string of the molecule is CCCCCCc1ccc(N(c2ccc(C)cc2)c2ccc(-c3ccc(N(c4ccc(C)cc4)c4ccc5c(c4)CC5)cc3)cc2)cc1. The molecule has 48 heavy (non-hydrogen) atoms. The van der Waals surface area contributed by atoms with E-state index in [-0.39, 0.29) is 0 Å². The van der Waals surface area contributed by atoms with Crippen molar-refractivity contribution in [1.29, 1.82) is 0 Å². The second-order valence-electron chi connectivity index (χ2n) is 13.4. The van der Waals surface area contributed by atoms with Gasteiger partial charge >= 0.3 is 0 Å². The van der Waals surface area contributed by atoms with E-state index >= 15 is 0 Å². The smallest absolute Gasteiger partial charge is 0.0464 e. The molecule has 0 aromatic heterocycles. The number of hydrogen-bond donors (Lipinski definition) is 0. The van der Waals surface area contributed by atoms with Gasteiger partial charge in [0.1, 0.15) is 0 Å². The monoisotopic (exact) mass is 626 g/mol. The van der Waals surface area contributed by atoms with Crippen molar-refractivity contribution in [2.45, 2.75) is 65.7 Å². The maximum atomic E-state index is 2.38. The first-order valence-corrected chi connectivity index (χ1v) is 17.7. The van der Waals surface area contributed by atoms with E-state index in [1.807, 2.05) is 0 Å². The summed E-state index contributed by atoms with van der Waals surface area (Å²) in [5.41, 5.74) is 16.4. The zero-order valence-electron chi connectivity index (χ0n) is 28.6. The highest BCUT2D eigenvalue weighted by Crippen LogP contribution is 2.39. The summed E-state index contributed by atoms with van der Waals surface area (Å²) in [6, 6.07) is 51.8. The minimum atomic E-state index is 1.15. The summed E-state index contributed by atoms with van der Waals surface area (Å²) < 4.78 is 0. The van der Waals surface area contributed by atoms with Crippen LogP contribution >= 0.6 is 0 Å². The van der Waals surface area contributed by atoms with Crippen LogP contribution in [0, 0.1) is 13.8 Å². The highest BCUT2D eigenvalue weighted by atomic mass is 15.1. The van der Waals surface area contributed by atoms with E-state index in [0.29, 0.717) is 0 Å². The molecule has 0 aliphatic heterocycles. The largest absolute Gasteiger partial charge is 0.311 e. The van der Waals surface area contributed by atoms with E-state index in [1.165, 1.54) is 100 Å². The van der Waals surface area contributed by atoms with Crippen molar-refractivity contribution in [3.05, 3.63) is 167 Å². The molecule has 0 saturated heterocycles. The Morgan fingerprint density at radius 3 is 1.27 bits per heavy atom. The lowest BCUT2D eigenvalue weighted by atomic mass is 9.88. The molecule has 2 heteroatoms. The lowest BCUT2D eigenvalue weighted by molar-refractivity contribution is 0.667. The van der Waals surface area contributed by atoms with Crippen molar-refractivity contribution in [3.63, 3.8) is 0 Å². The highest BCUT2D eigenvalue weighted by Gasteiger charge is 2.18. The Kier molecular flexibility index (Phi) is 9.43. The molecule has 0 radical (unpaired) electrons.